The molecule has 90 valence electrons. The maximum absolute atomic E-state index is 4.66. The predicted molar refractivity (Wildman–Crippen MR) is 71.0 cm³/mol. The summed E-state index contributed by atoms with van der Waals surface area (Å²) in [6.45, 7) is 5.46. The van der Waals surface area contributed by atoms with E-state index < -0.39 is 0 Å². The van der Waals surface area contributed by atoms with Gasteiger partial charge in [-0.05, 0) is 68.5 Å². The van der Waals surface area contributed by atoms with Crippen LogP contribution in [-0.2, 0) is 6.42 Å². The topological polar surface area (TPSA) is 24.9 Å². The molecule has 2 nitrogen and oxygen atoms in total. The molecule has 2 aliphatic rings. The smallest absolute Gasteiger partial charge is 0.0670 e. The Bertz CT molecular complexity index is 468. The molecule has 0 unspecified atom stereocenters. The van der Waals surface area contributed by atoms with Gasteiger partial charge >= 0.3 is 0 Å². The molecule has 1 aromatic heterocycles. The molecule has 3 rings (SSSR count). The Hall–Kier alpha value is -1.15. The van der Waals surface area contributed by atoms with E-state index in [0.717, 1.165) is 12.1 Å². The molecule has 1 aromatic rings. The molecule has 0 amide bonds. The zero-order valence-electron chi connectivity index (χ0n) is 10.7. The van der Waals surface area contributed by atoms with E-state index in [-0.39, 0.29) is 0 Å². The van der Waals surface area contributed by atoms with Gasteiger partial charge in [-0.1, -0.05) is 6.42 Å². The van der Waals surface area contributed by atoms with Crippen LogP contribution in [0, 0.1) is 13.8 Å². The first kappa shape index (κ1) is 11.0. The third-order valence-corrected chi connectivity index (χ3v) is 3.97. The Labute approximate surface area is 103 Å². The summed E-state index contributed by atoms with van der Waals surface area (Å²) in [6, 6.07) is 2.79. The van der Waals surface area contributed by atoms with Crippen molar-refractivity contribution in [3.63, 3.8) is 0 Å². The van der Waals surface area contributed by atoms with E-state index in [1.165, 1.54) is 42.6 Å². The van der Waals surface area contributed by atoms with Gasteiger partial charge in [0.05, 0.1) is 5.69 Å². The summed E-state index contributed by atoms with van der Waals surface area (Å²) in [5, 5.41) is 3.63. The van der Waals surface area contributed by atoms with Crippen molar-refractivity contribution in [3.8, 4) is 0 Å². The highest BCUT2D eigenvalue weighted by Gasteiger charge is 2.23. The molecule has 1 aliphatic carbocycles. The van der Waals surface area contributed by atoms with E-state index in [4.69, 9.17) is 0 Å². The van der Waals surface area contributed by atoms with Gasteiger partial charge in [0.15, 0.2) is 0 Å². The van der Waals surface area contributed by atoms with Gasteiger partial charge in [0.2, 0.25) is 0 Å². The fourth-order valence-electron chi connectivity index (χ4n) is 3.06. The second-order valence-electron chi connectivity index (χ2n) is 5.34. The average Bonchev–Trinajstić information content (AvgIpc) is 2.74. The van der Waals surface area contributed by atoms with Gasteiger partial charge in [0.25, 0.3) is 0 Å². The summed E-state index contributed by atoms with van der Waals surface area (Å²) in [6.07, 6.45) is 7.40. The Morgan fingerprint density at radius 2 is 2.18 bits per heavy atom. The molecule has 1 N–H and O–H groups in total. The van der Waals surface area contributed by atoms with Crippen molar-refractivity contribution in [2.75, 3.05) is 6.54 Å². The molecule has 2 heteroatoms. The van der Waals surface area contributed by atoms with Crippen LogP contribution >= 0.6 is 0 Å². The number of aromatic nitrogens is 1. The first-order chi connectivity index (χ1) is 8.24. The molecule has 2 heterocycles. The van der Waals surface area contributed by atoms with Gasteiger partial charge in [-0.2, -0.15) is 0 Å². The largest absolute Gasteiger partial charge is 0.310 e. The average molecular weight is 228 g/mol. The summed E-state index contributed by atoms with van der Waals surface area (Å²) >= 11 is 0. The first-order valence-electron chi connectivity index (χ1n) is 6.65. The number of nitrogens with zero attached hydrogens (tertiary/aromatic N) is 1. The van der Waals surface area contributed by atoms with Crippen molar-refractivity contribution in [1.82, 2.24) is 10.3 Å². The highest BCUT2D eigenvalue weighted by molar-refractivity contribution is 5.63. The molecule has 0 bridgehead atoms. The lowest BCUT2D eigenvalue weighted by Gasteiger charge is -2.24. The summed E-state index contributed by atoms with van der Waals surface area (Å²) in [5.41, 5.74) is 6.73. The monoisotopic (exact) mass is 228 g/mol. The lowest BCUT2D eigenvalue weighted by Crippen LogP contribution is -2.35. The number of nitrogens with one attached hydrogen (secondary N) is 1. The minimum atomic E-state index is 0.595. The first-order valence-corrected chi connectivity index (χ1v) is 6.65. The SMILES string of the molecule is Cc1cc(C)c2c(n1)C=C([C@@H]1CCCCN1)C2. The van der Waals surface area contributed by atoms with E-state index in [9.17, 15) is 0 Å². The zero-order chi connectivity index (χ0) is 11.8. The Balaban J connectivity index is 1.88. The lowest BCUT2D eigenvalue weighted by atomic mass is 9.95. The molecule has 17 heavy (non-hydrogen) atoms. The zero-order valence-corrected chi connectivity index (χ0v) is 10.7. The fraction of sp³-hybridized carbons (Fsp3) is 0.533. The third kappa shape index (κ3) is 2.02. The molecule has 1 fully saturated rings. The quantitative estimate of drug-likeness (QED) is 0.799. The number of pyridine rings is 1. The summed E-state index contributed by atoms with van der Waals surface area (Å²) in [5.74, 6) is 0. The van der Waals surface area contributed by atoms with E-state index in [1.54, 1.807) is 5.57 Å². The van der Waals surface area contributed by atoms with Gasteiger partial charge in [0, 0.05) is 11.7 Å². The molecule has 1 atom stereocenters. The minimum Gasteiger partial charge on any atom is -0.310 e. The molecular formula is C15H20N2. The van der Waals surface area contributed by atoms with Crippen molar-refractivity contribution < 1.29 is 0 Å². The van der Waals surface area contributed by atoms with Crippen LogP contribution in [0.5, 0.6) is 0 Å². The van der Waals surface area contributed by atoms with Crippen molar-refractivity contribution in [2.45, 2.75) is 45.6 Å². The number of piperidine rings is 1. The molecule has 0 saturated carbocycles. The maximum atomic E-state index is 4.66. The second-order valence-corrected chi connectivity index (χ2v) is 5.34. The number of hydrogen-bond acceptors (Lipinski definition) is 2. The van der Waals surface area contributed by atoms with Crippen LogP contribution < -0.4 is 5.32 Å². The standard InChI is InChI=1S/C15H20N2/c1-10-7-11(2)17-15-9-12(8-13(10)15)14-5-3-4-6-16-14/h7,9,14,16H,3-6,8H2,1-2H3/t14-/m0/s1. The van der Waals surface area contributed by atoms with E-state index >= 15 is 0 Å². The van der Waals surface area contributed by atoms with Crippen LogP contribution in [0.25, 0.3) is 6.08 Å². The Morgan fingerprint density at radius 3 is 2.94 bits per heavy atom. The van der Waals surface area contributed by atoms with Crippen molar-refractivity contribution in [3.05, 3.63) is 34.2 Å². The predicted octanol–water partition coefficient (Wildman–Crippen LogP) is 2.78. The minimum absolute atomic E-state index is 0.595. The van der Waals surface area contributed by atoms with Gasteiger partial charge in [0.1, 0.15) is 0 Å². The molecular weight excluding hydrogens is 208 g/mol. The molecule has 1 saturated heterocycles. The number of aryl methyl sites for hydroxylation is 2. The summed E-state index contributed by atoms with van der Waals surface area (Å²) in [4.78, 5) is 4.66. The number of rotatable bonds is 1. The van der Waals surface area contributed by atoms with Gasteiger partial charge in [-0.15, -0.1) is 0 Å². The van der Waals surface area contributed by atoms with Crippen LogP contribution in [0.1, 0.15) is 41.8 Å². The van der Waals surface area contributed by atoms with E-state index in [0.29, 0.717) is 6.04 Å². The van der Waals surface area contributed by atoms with Crippen LogP contribution in [-0.4, -0.2) is 17.6 Å². The van der Waals surface area contributed by atoms with Crippen LogP contribution in [0.4, 0.5) is 0 Å². The van der Waals surface area contributed by atoms with Gasteiger partial charge in [-0.3, -0.25) is 4.98 Å². The summed E-state index contributed by atoms with van der Waals surface area (Å²) < 4.78 is 0. The molecule has 0 radical (unpaired) electrons. The molecule has 0 aromatic carbocycles. The second kappa shape index (κ2) is 4.26. The lowest BCUT2D eigenvalue weighted by molar-refractivity contribution is 0.438. The molecule has 1 aliphatic heterocycles. The Morgan fingerprint density at radius 1 is 1.29 bits per heavy atom. The van der Waals surface area contributed by atoms with Crippen LogP contribution in [0.15, 0.2) is 11.6 Å². The van der Waals surface area contributed by atoms with Crippen molar-refractivity contribution in [1.29, 1.82) is 0 Å². The molecule has 0 spiro atoms. The van der Waals surface area contributed by atoms with Gasteiger partial charge < -0.3 is 5.32 Å². The van der Waals surface area contributed by atoms with Gasteiger partial charge in [-0.25, -0.2) is 0 Å². The van der Waals surface area contributed by atoms with Crippen molar-refractivity contribution in [2.24, 2.45) is 0 Å². The number of hydrogen-bond donors (Lipinski definition) is 1. The van der Waals surface area contributed by atoms with E-state index in [1.807, 2.05) is 0 Å². The fourth-order valence-corrected chi connectivity index (χ4v) is 3.06. The Kier molecular flexibility index (Phi) is 2.75. The third-order valence-electron chi connectivity index (χ3n) is 3.97. The summed E-state index contributed by atoms with van der Waals surface area (Å²) in [7, 11) is 0. The highest BCUT2D eigenvalue weighted by Crippen LogP contribution is 2.30. The normalized spacial score (nSPS) is 23.4. The maximum Gasteiger partial charge on any atom is 0.0670 e. The van der Waals surface area contributed by atoms with E-state index in [2.05, 4.69) is 36.3 Å². The van der Waals surface area contributed by atoms with Crippen LogP contribution in [0.2, 0.25) is 0 Å². The van der Waals surface area contributed by atoms with Crippen LogP contribution in [0.3, 0.4) is 0 Å². The number of fused-ring (bicyclic) bond motifs is 1. The highest BCUT2D eigenvalue weighted by atomic mass is 14.9. The van der Waals surface area contributed by atoms with Crippen molar-refractivity contribution >= 4 is 6.08 Å².